The van der Waals surface area contributed by atoms with Crippen molar-refractivity contribution < 1.29 is 13.9 Å². The van der Waals surface area contributed by atoms with Crippen molar-refractivity contribution in [2.45, 2.75) is 58.5 Å². The molecular formula is C26H31FN2O2. The lowest BCUT2D eigenvalue weighted by Crippen LogP contribution is -2.41. The number of fused-ring (bicyclic) bond motifs is 1. The number of hydrogen-bond donors (Lipinski definition) is 0. The zero-order valence-corrected chi connectivity index (χ0v) is 18.8. The summed E-state index contributed by atoms with van der Waals surface area (Å²) >= 11 is 0. The van der Waals surface area contributed by atoms with Crippen LogP contribution in [-0.4, -0.2) is 34.3 Å². The van der Waals surface area contributed by atoms with E-state index in [-0.39, 0.29) is 11.9 Å². The predicted octanol–water partition coefficient (Wildman–Crippen LogP) is 6.45. The van der Waals surface area contributed by atoms with Gasteiger partial charge >= 0.3 is 6.09 Å². The molecule has 3 aromatic rings. The lowest BCUT2D eigenvalue weighted by molar-refractivity contribution is 0.0205. The number of piperidine rings is 1. The summed E-state index contributed by atoms with van der Waals surface area (Å²) in [6, 6.07) is 15.3. The summed E-state index contributed by atoms with van der Waals surface area (Å²) < 4.78 is 22.0. The average Bonchev–Trinajstić information content (AvgIpc) is 3.06. The van der Waals surface area contributed by atoms with Crippen LogP contribution in [-0.2, 0) is 11.2 Å². The molecule has 0 spiro atoms. The number of nitrogens with zero attached hydrogens (tertiary/aromatic N) is 2. The van der Waals surface area contributed by atoms with Gasteiger partial charge in [-0.05, 0) is 81.8 Å². The lowest BCUT2D eigenvalue weighted by Gasteiger charge is -2.34. The maximum Gasteiger partial charge on any atom is 0.410 e. The molecule has 0 saturated carbocycles. The van der Waals surface area contributed by atoms with Crippen LogP contribution in [0.5, 0.6) is 0 Å². The first kappa shape index (κ1) is 21.4. The molecule has 2 heterocycles. The van der Waals surface area contributed by atoms with Crippen LogP contribution < -0.4 is 0 Å². The second-order valence-electron chi connectivity index (χ2n) is 9.29. The number of halogens is 1. The highest BCUT2D eigenvalue weighted by molar-refractivity contribution is 5.88. The molecule has 1 aliphatic rings. The maximum absolute atomic E-state index is 14.2. The first-order valence-electron chi connectivity index (χ1n) is 11.1. The van der Waals surface area contributed by atoms with Crippen molar-refractivity contribution in [3.63, 3.8) is 0 Å². The van der Waals surface area contributed by atoms with Crippen molar-refractivity contribution in [1.82, 2.24) is 9.47 Å². The van der Waals surface area contributed by atoms with Crippen molar-refractivity contribution in [3.05, 3.63) is 65.6 Å². The van der Waals surface area contributed by atoms with Crippen molar-refractivity contribution >= 4 is 17.0 Å². The molecule has 1 fully saturated rings. The smallest absolute Gasteiger partial charge is 0.410 e. The van der Waals surface area contributed by atoms with Crippen molar-refractivity contribution in [2.75, 3.05) is 13.1 Å². The standard InChI is InChI=1S/C26H31FN2O2/c1-5-22-24(18-13-15-28(16-14-18)25(30)31-26(2,3)4)21-12-11-19(27)17-23(21)29(22)20-9-7-6-8-10-20/h6-12,17-18H,5,13-16H2,1-4H3. The Morgan fingerprint density at radius 2 is 1.77 bits per heavy atom. The molecule has 1 aromatic heterocycles. The monoisotopic (exact) mass is 422 g/mol. The van der Waals surface area contributed by atoms with Gasteiger partial charge in [0.15, 0.2) is 0 Å². The van der Waals surface area contributed by atoms with Crippen LogP contribution >= 0.6 is 0 Å². The van der Waals surface area contributed by atoms with Crippen molar-refractivity contribution in [1.29, 1.82) is 0 Å². The molecule has 1 saturated heterocycles. The zero-order valence-electron chi connectivity index (χ0n) is 18.8. The topological polar surface area (TPSA) is 34.5 Å². The number of para-hydroxylation sites is 1. The number of likely N-dealkylation sites (tertiary alicyclic amines) is 1. The molecule has 4 rings (SSSR count). The largest absolute Gasteiger partial charge is 0.444 e. The normalized spacial score (nSPS) is 15.5. The fourth-order valence-electron chi connectivity index (χ4n) is 4.69. The zero-order chi connectivity index (χ0) is 22.2. The summed E-state index contributed by atoms with van der Waals surface area (Å²) in [5.74, 6) is 0.0997. The minimum atomic E-state index is -0.490. The van der Waals surface area contributed by atoms with E-state index in [4.69, 9.17) is 4.74 Å². The van der Waals surface area contributed by atoms with E-state index in [1.807, 2.05) is 49.9 Å². The second-order valence-corrected chi connectivity index (χ2v) is 9.29. The molecule has 0 N–H and O–H groups in total. The fourth-order valence-corrected chi connectivity index (χ4v) is 4.69. The van der Waals surface area contributed by atoms with E-state index >= 15 is 0 Å². The number of ether oxygens (including phenoxy) is 1. The van der Waals surface area contributed by atoms with E-state index in [2.05, 4.69) is 23.6 Å². The Hall–Kier alpha value is -2.82. The lowest BCUT2D eigenvalue weighted by atomic mass is 9.87. The van der Waals surface area contributed by atoms with Crippen molar-refractivity contribution in [2.24, 2.45) is 0 Å². The fraction of sp³-hybridized carbons (Fsp3) is 0.423. The molecule has 164 valence electrons. The van der Waals surface area contributed by atoms with Gasteiger partial charge in [-0.1, -0.05) is 25.1 Å². The number of carbonyl (C=O) groups excluding carboxylic acids is 1. The van der Waals surface area contributed by atoms with Crippen LogP contribution in [0.4, 0.5) is 9.18 Å². The number of carbonyl (C=O) groups is 1. The van der Waals surface area contributed by atoms with Crippen molar-refractivity contribution in [3.8, 4) is 5.69 Å². The van der Waals surface area contributed by atoms with Crippen LogP contribution in [0.3, 0.4) is 0 Å². The number of amides is 1. The Balaban J connectivity index is 1.70. The molecule has 31 heavy (non-hydrogen) atoms. The van der Waals surface area contributed by atoms with E-state index in [1.54, 1.807) is 12.1 Å². The molecule has 4 nitrogen and oxygen atoms in total. The molecule has 0 radical (unpaired) electrons. The van der Waals surface area contributed by atoms with E-state index < -0.39 is 5.60 Å². The third-order valence-corrected chi connectivity index (χ3v) is 5.98. The van der Waals surface area contributed by atoms with Gasteiger partial charge in [0.1, 0.15) is 11.4 Å². The van der Waals surface area contributed by atoms with Gasteiger partial charge in [-0.2, -0.15) is 0 Å². The SMILES string of the molecule is CCc1c(C2CCN(C(=O)OC(C)(C)C)CC2)c2ccc(F)cc2n1-c1ccccc1. The first-order chi connectivity index (χ1) is 14.8. The summed E-state index contributed by atoms with van der Waals surface area (Å²) in [6.07, 6.45) is 2.36. The summed E-state index contributed by atoms with van der Waals surface area (Å²) in [4.78, 5) is 14.3. The van der Waals surface area contributed by atoms with E-state index in [9.17, 15) is 9.18 Å². The van der Waals surface area contributed by atoms with Crippen LogP contribution in [0.2, 0.25) is 0 Å². The Bertz CT molecular complexity index is 1070. The highest BCUT2D eigenvalue weighted by Gasteiger charge is 2.31. The van der Waals surface area contributed by atoms with Crippen LogP contribution in [0.15, 0.2) is 48.5 Å². The number of benzene rings is 2. The quantitative estimate of drug-likeness (QED) is 0.486. The first-order valence-corrected chi connectivity index (χ1v) is 11.1. The summed E-state index contributed by atoms with van der Waals surface area (Å²) in [5, 5.41) is 1.11. The Kier molecular flexibility index (Phi) is 5.78. The van der Waals surface area contributed by atoms with Gasteiger partial charge in [0.25, 0.3) is 0 Å². The van der Waals surface area contributed by atoms with E-state index in [0.29, 0.717) is 19.0 Å². The Morgan fingerprint density at radius 1 is 1.10 bits per heavy atom. The van der Waals surface area contributed by atoms with Crippen LogP contribution in [0.25, 0.3) is 16.6 Å². The minimum Gasteiger partial charge on any atom is -0.444 e. The summed E-state index contributed by atoms with van der Waals surface area (Å²) in [6.45, 7) is 9.17. The molecule has 0 unspecified atom stereocenters. The van der Waals surface area contributed by atoms with Gasteiger partial charge in [0, 0.05) is 29.9 Å². The highest BCUT2D eigenvalue weighted by Crippen LogP contribution is 2.39. The average molecular weight is 423 g/mol. The second kappa shape index (κ2) is 8.37. The number of aromatic nitrogens is 1. The molecule has 2 aromatic carbocycles. The molecule has 5 heteroatoms. The van der Waals surface area contributed by atoms with Crippen LogP contribution in [0, 0.1) is 5.82 Å². The maximum atomic E-state index is 14.2. The molecule has 0 atom stereocenters. The molecule has 0 bridgehead atoms. The van der Waals surface area contributed by atoms with Gasteiger partial charge < -0.3 is 14.2 Å². The van der Waals surface area contributed by atoms with Gasteiger partial charge in [-0.3, -0.25) is 0 Å². The van der Waals surface area contributed by atoms with E-state index in [0.717, 1.165) is 35.9 Å². The highest BCUT2D eigenvalue weighted by atomic mass is 19.1. The summed E-state index contributed by atoms with van der Waals surface area (Å²) in [7, 11) is 0. The Labute approximate surface area is 183 Å². The Morgan fingerprint density at radius 3 is 2.39 bits per heavy atom. The molecule has 1 amide bonds. The third kappa shape index (κ3) is 4.32. The molecular weight excluding hydrogens is 391 g/mol. The summed E-state index contributed by atoms with van der Waals surface area (Å²) in [5.41, 5.74) is 3.99. The predicted molar refractivity (Wildman–Crippen MR) is 122 cm³/mol. The van der Waals surface area contributed by atoms with Gasteiger partial charge in [0.2, 0.25) is 0 Å². The van der Waals surface area contributed by atoms with Gasteiger partial charge in [-0.15, -0.1) is 0 Å². The minimum absolute atomic E-state index is 0.226. The van der Waals surface area contributed by atoms with E-state index in [1.165, 1.54) is 11.3 Å². The third-order valence-electron chi connectivity index (χ3n) is 5.98. The number of hydrogen-bond acceptors (Lipinski definition) is 2. The van der Waals surface area contributed by atoms with Crippen LogP contribution in [0.1, 0.15) is 57.7 Å². The molecule has 0 aliphatic carbocycles. The molecule has 1 aliphatic heterocycles. The van der Waals surface area contributed by atoms with Gasteiger partial charge in [0.05, 0.1) is 5.52 Å². The number of rotatable bonds is 3. The van der Waals surface area contributed by atoms with Gasteiger partial charge in [-0.25, -0.2) is 9.18 Å².